The van der Waals surface area contributed by atoms with Gasteiger partial charge in [0.2, 0.25) is 0 Å². The van der Waals surface area contributed by atoms with Crippen molar-refractivity contribution in [2.45, 2.75) is 52.2 Å². The van der Waals surface area contributed by atoms with Gasteiger partial charge < -0.3 is 10.1 Å². The van der Waals surface area contributed by atoms with E-state index in [4.69, 9.17) is 4.74 Å². The number of morpholine rings is 1. The fraction of sp³-hybridized carbons (Fsp3) is 1.00. The third kappa shape index (κ3) is 2.96. The third-order valence-electron chi connectivity index (χ3n) is 3.11. The van der Waals surface area contributed by atoms with Crippen molar-refractivity contribution in [1.29, 1.82) is 0 Å². The Labute approximate surface area is 82.0 Å². The molecule has 2 heteroatoms. The van der Waals surface area contributed by atoms with E-state index in [1.165, 1.54) is 12.8 Å². The molecule has 2 atom stereocenters. The molecule has 13 heavy (non-hydrogen) atoms. The van der Waals surface area contributed by atoms with Gasteiger partial charge in [-0.15, -0.1) is 0 Å². The molecule has 78 valence electrons. The lowest BCUT2D eigenvalue weighted by atomic mass is 9.95. The fourth-order valence-electron chi connectivity index (χ4n) is 2.06. The SMILES string of the molecule is CCC1CNCC(C(CC)CC)O1. The van der Waals surface area contributed by atoms with Gasteiger partial charge >= 0.3 is 0 Å². The molecular formula is C11H23NO. The summed E-state index contributed by atoms with van der Waals surface area (Å²) in [5.41, 5.74) is 0. The van der Waals surface area contributed by atoms with E-state index in [0.717, 1.165) is 25.4 Å². The summed E-state index contributed by atoms with van der Waals surface area (Å²) in [6, 6.07) is 0. The maximum atomic E-state index is 6.02. The van der Waals surface area contributed by atoms with Gasteiger partial charge in [-0.2, -0.15) is 0 Å². The highest BCUT2D eigenvalue weighted by Crippen LogP contribution is 2.20. The number of hydrogen-bond acceptors (Lipinski definition) is 2. The molecular weight excluding hydrogens is 162 g/mol. The van der Waals surface area contributed by atoms with Crippen LogP contribution >= 0.6 is 0 Å². The molecule has 1 heterocycles. The summed E-state index contributed by atoms with van der Waals surface area (Å²) in [5, 5.41) is 3.46. The van der Waals surface area contributed by atoms with Crippen LogP contribution in [0.15, 0.2) is 0 Å². The highest BCUT2D eigenvalue weighted by molar-refractivity contribution is 4.78. The summed E-state index contributed by atoms with van der Waals surface area (Å²) in [4.78, 5) is 0. The first-order valence-corrected chi connectivity index (χ1v) is 5.67. The molecule has 1 aliphatic rings. The highest BCUT2D eigenvalue weighted by atomic mass is 16.5. The molecule has 0 bridgehead atoms. The van der Waals surface area contributed by atoms with Crippen molar-refractivity contribution < 1.29 is 4.74 Å². The molecule has 1 rings (SSSR count). The van der Waals surface area contributed by atoms with Crippen LogP contribution in [0.1, 0.15) is 40.0 Å². The van der Waals surface area contributed by atoms with Gasteiger partial charge in [0, 0.05) is 13.1 Å². The number of hydrogen-bond donors (Lipinski definition) is 1. The molecule has 0 aromatic rings. The zero-order valence-corrected chi connectivity index (χ0v) is 9.18. The Morgan fingerprint density at radius 1 is 1.23 bits per heavy atom. The molecule has 2 nitrogen and oxygen atoms in total. The summed E-state index contributed by atoms with van der Waals surface area (Å²) in [7, 11) is 0. The Hall–Kier alpha value is -0.0800. The molecule has 2 unspecified atom stereocenters. The van der Waals surface area contributed by atoms with E-state index in [9.17, 15) is 0 Å². The Balaban J connectivity index is 2.40. The van der Waals surface area contributed by atoms with Crippen LogP contribution in [0.5, 0.6) is 0 Å². The van der Waals surface area contributed by atoms with Crippen molar-refractivity contribution in [3.05, 3.63) is 0 Å². The van der Waals surface area contributed by atoms with Crippen LogP contribution in [0.25, 0.3) is 0 Å². The largest absolute Gasteiger partial charge is 0.372 e. The van der Waals surface area contributed by atoms with Crippen LogP contribution in [0, 0.1) is 5.92 Å². The third-order valence-corrected chi connectivity index (χ3v) is 3.11. The molecule has 0 spiro atoms. The second-order valence-corrected chi connectivity index (χ2v) is 3.94. The van der Waals surface area contributed by atoms with Gasteiger partial charge in [-0.05, 0) is 12.3 Å². The van der Waals surface area contributed by atoms with E-state index in [2.05, 4.69) is 26.1 Å². The zero-order chi connectivity index (χ0) is 9.68. The molecule has 0 radical (unpaired) electrons. The minimum atomic E-state index is 0.444. The van der Waals surface area contributed by atoms with E-state index >= 15 is 0 Å². The van der Waals surface area contributed by atoms with Crippen molar-refractivity contribution in [2.24, 2.45) is 5.92 Å². The molecule has 0 aliphatic carbocycles. The lowest BCUT2D eigenvalue weighted by molar-refractivity contribution is -0.0677. The van der Waals surface area contributed by atoms with E-state index in [1.54, 1.807) is 0 Å². The van der Waals surface area contributed by atoms with Gasteiger partial charge in [-0.3, -0.25) is 0 Å². The summed E-state index contributed by atoms with van der Waals surface area (Å²) >= 11 is 0. The highest BCUT2D eigenvalue weighted by Gasteiger charge is 2.25. The van der Waals surface area contributed by atoms with Gasteiger partial charge in [0.15, 0.2) is 0 Å². The van der Waals surface area contributed by atoms with Gasteiger partial charge in [0.1, 0.15) is 0 Å². The molecule has 1 fully saturated rings. The van der Waals surface area contributed by atoms with Crippen LogP contribution < -0.4 is 5.32 Å². The zero-order valence-electron chi connectivity index (χ0n) is 9.18. The minimum absolute atomic E-state index is 0.444. The second kappa shape index (κ2) is 5.61. The van der Waals surface area contributed by atoms with Crippen LogP contribution in [-0.4, -0.2) is 25.3 Å². The maximum absolute atomic E-state index is 6.02. The number of nitrogens with one attached hydrogen (secondary N) is 1. The molecule has 1 saturated heterocycles. The first kappa shape index (κ1) is 11.0. The van der Waals surface area contributed by atoms with Gasteiger partial charge in [0.05, 0.1) is 12.2 Å². The average Bonchev–Trinajstić information content (AvgIpc) is 2.20. The number of rotatable bonds is 4. The minimum Gasteiger partial charge on any atom is -0.372 e. The summed E-state index contributed by atoms with van der Waals surface area (Å²) in [6.07, 6.45) is 4.50. The van der Waals surface area contributed by atoms with Crippen molar-refractivity contribution in [1.82, 2.24) is 5.32 Å². The summed E-state index contributed by atoms with van der Waals surface area (Å²) < 4.78 is 6.02. The van der Waals surface area contributed by atoms with Crippen LogP contribution in [0.2, 0.25) is 0 Å². The van der Waals surface area contributed by atoms with Gasteiger partial charge in [-0.1, -0.05) is 33.6 Å². The summed E-state index contributed by atoms with van der Waals surface area (Å²) in [5.74, 6) is 0.738. The fourth-order valence-corrected chi connectivity index (χ4v) is 2.06. The van der Waals surface area contributed by atoms with E-state index in [0.29, 0.717) is 12.2 Å². The molecule has 1 aliphatic heterocycles. The lowest BCUT2D eigenvalue weighted by Crippen LogP contribution is -2.47. The predicted octanol–water partition coefficient (Wildman–Crippen LogP) is 2.19. The monoisotopic (exact) mass is 185 g/mol. The van der Waals surface area contributed by atoms with Gasteiger partial charge in [0.25, 0.3) is 0 Å². The smallest absolute Gasteiger partial charge is 0.0731 e. The lowest BCUT2D eigenvalue weighted by Gasteiger charge is -2.34. The Morgan fingerprint density at radius 3 is 2.46 bits per heavy atom. The molecule has 0 amide bonds. The predicted molar refractivity (Wildman–Crippen MR) is 55.9 cm³/mol. The molecule has 0 saturated carbocycles. The quantitative estimate of drug-likeness (QED) is 0.725. The van der Waals surface area contributed by atoms with E-state index in [-0.39, 0.29) is 0 Å². The van der Waals surface area contributed by atoms with Crippen molar-refractivity contribution in [3.63, 3.8) is 0 Å². The van der Waals surface area contributed by atoms with Gasteiger partial charge in [-0.25, -0.2) is 0 Å². The molecule has 0 aromatic heterocycles. The standard InChI is InChI=1S/C11H23NO/c1-4-9(5-2)11-8-12-7-10(6-3)13-11/h9-12H,4-8H2,1-3H3. The maximum Gasteiger partial charge on any atom is 0.0731 e. The Morgan fingerprint density at radius 2 is 1.92 bits per heavy atom. The molecule has 1 N–H and O–H groups in total. The first-order valence-electron chi connectivity index (χ1n) is 5.67. The van der Waals surface area contributed by atoms with Crippen LogP contribution in [0.3, 0.4) is 0 Å². The van der Waals surface area contributed by atoms with E-state index in [1.807, 2.05) is 0 Å². The Bertz CT molecular complexity index is 134. The second-order valence-electron chi connectivity index (χ2n) is 3.94. The Kier molecular flexibility index (Phi) is 4.74. The summed E-state index contributed by atoms with van der Waals surface area (Å²) in [6.45, 7) is 8.79. The van der Waals surface area contributed by atoms with Crippen LogP contribution in [0.4, 0.5) is 0 Å². The normalized spacial score (nSPS) is 29.5. The number of ether oxygens (including phenoxy) is 1. The average molecular weight is 185 g/mol. The topological polar surface area (TPSA) is 21.3 Å². The molecule has 0 aromatic carbocycles. The van der Waals surface area contributed by atoms with Crippen molar-refractivity contribution in [3.8, 4) is 0 Å². The van der Waals surface area contributed by atoms with Crippen molar-refractivity contribution in [2.75, 3.05) is 13.1 Å². The van der Waals surface area contributed by atoms with Crippen molar-refractivity contribution >= 4 is 0 Å². The van der Waals surface area contributed by atoms with E-state index < -0.39 is 0 Å². The first-order chi connectivity index (χ1) is 6.31. The van der Waals surface area contributed by atoms with Crippen LogP contribution in [-0.2, 0) is 4.74 Å².